The van der Waals surface area contributed by atoms with Gasteiger partial charge in [0.25, 0.3) is 0 Å². The van der Waals surface area contributed by atoms with E-state index in [1.807, 2.05) is 25.1 Å². The van der Waals surface area contributed by atoms with Crippen LogP contribution in [0.3, 0.4) is 0 Å². The Bertz CT molecular complexity index is 339. The molecule has 4 heteroatoms. The average Bonchev–Trinajstić information content (AvgIpc) is 2.15. The molecule has 0 aliphatic rings. The number of aryl methyl sites for hydroxylation is 1. The number of nitrogens with one attached hydrogen (secondary N) is 1. The van der Waals surface area contributed by atoms with E-state index in [0.717, 1.165) is 11.3 Å². The van der Waals surface area contributed by atoms with E-state index in [4.69, 9.17) is 22.7 Å². The maximum absolute atomic E-state index is 5.34. The van der Waals surface area contributed by atoms with Gasteiger partial charge >= 0.3 is 0 Å². The molecule has 1 aromatic carbocycles. The van der Waals surface area contributed by atoms with Gasteiger partial charge < -0.3 is 15.8 Å². The maximum atomic E-state index is 5.34. The van der Waals surface area contributed by atoms with Gasteiger partial charge in [0.2, 0.25) is 0 Å². The number of rotatable bonds is 3. The summed E-state index contributed by atoms with van der Waals surface area (Å²) in [5.74, 6) is 0.855. The molecule has 0 aliphatic carbocycles. The van der Waals surface area contributed by atoms with E-state index < -0.39 is 0 Å². The van der Waals surface area contributed by atoms with Crippen molar-refractivity contribution in [1.29, 1.82) is 0 Å². The van der Waals surface area contributed by atoms with Gasteiger partial charge in [-0.3, -0.25) is 0 Å². The Labute approximate surface area is 89.3 Å². The first-order valence-corrected chi connectivity index (χ1v) is 4.71. The summed E-state index contributed by atoms with van der Waals surface area (Å²) in [6.07, 6.45) is 0. The Morgan fingerprint density at radius 3 is 2.86 bits per heavy atom. The summed E-state index contributed by atoms with van der Waals surface area (Å²) in [6, 6.07) is 6.01. The second kappa shape index (κ2) is 4.81. The highest BCUT2D eigenvalue weighted by molar-refractivity contribution is 7.80. The third-order valence-electron chi connectivity index (χ3n) is 1.90. The summed E-state index contributed by atoms with van der Waals surface area (Å²) in [5, 5.41) is 3.18. The van der Waals surface area contributed by atoms with E-state index in [1.165, 1.54) is 5.56 Å². The van der Waals surface area contributed by atoms with Crippen LogP contribution in [-0.2, 0) is 6.54 Å². The first kappa shape index (κ1) is 10.8. The maximum Gasteiger partial charge on any atom is 0.163 e. The summed E-state index contributed by atoms with van der Waals surface area (Å²) in [7, 11) is 1.65. The number of hydrogen-bond donors (Lipinski definition) is 2. The first-order chi connectivity index (χ1) is 6.63. The van der Waals surface area contributed by atoms with Crippen molar-refractivity contribution in [2.45, 2.75) is 13.5 Å². The zero-order chi connectivity index (χ0) is 10.6. The van der Waals surface area contributed by atoms with Crippen LogP contribution in [0.15, 0.2) is 18.2 Å². The van der Waals surface area contributed by atoms with E-state index in [1.54, 1.807) is 7.11 Å². The number of thiocarbonyl (C=S) groups is 1. The number of hydrogen-bond acceptors (Lipinski definition) is 2. The Hall–Kier alpha value is -1.29. The molecule has 0 heterocycles. The third kappa shape index (κ3) is 2.88. The zero-order valence-electron chi connectivity index (χ0n) is 8.33. The van der Waals surface area contributed by atoms with E-state index in [2.05, 4.69) is 5.32 Å². The van der Waals surface area contributed by atoms with Gasteiger partial charge in [-0.2, -0.15) is 0 Å². The van der Waals surface area contributed by atoms with Crippen LogP contribution in [0.2, 0.25) is 0 Å². The second-order valence-electron chi connectivity index (χ2n) is 3.03. The molecule has 0 atom stereocenters. The van der Waals surface area contributed by atoms with E-state index in [9.17, 15) is 0 Å². The molecular weight excluding hydrogens is 196 g/mol. The zero-order valence-corrected chi connectivity index (χ0v) is 9.15. The average molecular weight is 210 g/mol. The van der Waals surface area contributed by atoms with Gasteiger partial charge in [-0.25, -0.2) is 0 Å². The van der Waals surface area contributed by atoms with Gasteiger partial charge in [0.05, 0.1) is 7.11 Å². The van der Waals surface area contributed by atoms with Gasteiger partial charge in [0.1, 0.15) is 5.75 Å². The second-order valence-corrected chi connectivity index (χ2v) is 3.47. The van der Waals surface area contributed by atoms with Crippen LogP contribution in [0, 0.1) is 6.92 Å². The van der Waals surface area contributed by atoms with Gasteiger partial charge in [-0.1, -0.05) is 12.1 Å². The van der Waals surface area contributed by atoms with Gasteiger partial charge in [-0.15, -0.1) is 0 Å². The van der Waals surface area contributed by atoms with Crippen molar-refractivity contribution in [2.75, 3.05) is 7.11 Å². The topological polar surface area (TPSA) is 47.3 Å². The number of benzene rings is 1. The van der Waals surface area contributed by atoms with Crippen LogP contribution in [0.4, 0.5) is 0 Å². The lowest BCUT2D eigenvalue weighted by molar-refractivity contribution is 0.409. The number of nitrogens with two attached hydrogens (primary N) is 1. The van der Waals surface area contributed by atoms with Crippen LogP contribution in [0.1, 0.15) is 11.1 Å². The Kier molecular flexibility index (Phi) is 3.71. The SMILES string of the molecule is COc1cc(C)ccc1CNC(N)=S. The van der Waals surface area contributed by atoms with Crippen molar-refractivity contribution in [3.05, 3.63) is 29.3 Å². The highest BCUT2D eigenvalue weighted by atomic mass is 32.1. The molecular formula is C10H14N2OS. The first-order valence-electron chi connectivity index (χ1n) is 4.30. The molecule has 0 saturated heterocycles. The molecule has 1 rings (SSSR count). The fraction of sp³-hybridized carbons (Fsp3) is 0.300. The van der Waals surface area contributed by atoms with Crippen molar-refractivity contribution in [2.24, 2.45) is 5.73 Å². The lowest BCUT2D eigenvalue weighted by atomic mass is 10.1. The van der Waals surface area contributed by atoms with Crippen LogP contribution < -0.4 is 15.8 Å². The molecule has 14 heavy (non-hydrogen) atoms. The summed E-state index contributed by atoms with van der Waals surface area (Å²) < 4.78 is 5.23. The molecule has 0 amide bonds. The lowest BCUT2D eigenvalue weighted by Crippen LogP contribution is -2.28. The van der Waals surface area contributed by atoms with Crippen LogP contribution in [-0.4, -0.2) is 12.2 Å². The molecule has 0 bridgehead atoms. The van der Waals surface area contributed by atoms with Gasteiger partial charge in [-0.05, 0) is 30.8 Å². The third-order valence-corrected chi connectivity index (χ3v) is 2.04. The highest BCUT2D eigenvalue weighted by Crippen LogP contribution is 2.19. The van der Waals surface area contributed by atoms with E-state index in [0.29, 0.717) is 11.7 Å². The van der Waals surface area contributed by atoms with Crippen LogP contribution >= 0.6 is 12.2 Å². The predicted molar refractivity (Wildman–Crippen MR) is 61.4 cm³/mol. The van der Waals surface area contributed by atoms with Gasteiger partial charge in [0, 0.05) is 12.1 Å². The van der Waals surface area contributed by atoms with Crippen molar-refractivity contribution < 1.29 is 4.74 Å². The molecule has 3 nitrogen and oxygen atoms in total. The molecule has 0 spiro atoms. The highest BCUT2D eigenvalue weighted by Gasteiger charge is 2.02. The minimum absolute atomic E-state index is 0.299. The fourth-order valence-electron chi connectivity index (χ4n) is 1.18. The van der Waals surface area contributed by atoms with Crippen molar-refractivity contribution >= 4 is 17.3 Å². The minimum Gasteiger partial charge on any atom is -0.496 e. The molecule has 3 N–H and O–H groups in total. The summed E-state index contributed by atoms with van der Waals surface area (Å²) in [6.45, 7) is 2.62. The molecule has 0 aliphatic heterocycles. The minimum atomic E-state index is 0.299. The lowest BCUT2D eigenvalue weighted by Gasteiger charge is -2.10. The smallest absolute Gasteiger partial charge is 0.163 e. The largest absolute Gasteiger partial charge is 0.496 e. The van der Waals surface area contributed by atoms with Crippen LogP contribution in [0.5, 0.6) is 5.75 Å². The molecule has 0 radical (unpaired) electrons. The number of methoxy groups -OCH3 is 1. The van der Waals surface area contributed by atoms with Gasteiger partial charge in [0.15, 0.2) is 5.11 Å². The Balaban J connectivity index is 2.80. The standard InChI is InChI=1S/C10H14N2OS/c1-7-3-4-8(6-12-10(11)14)9(5-7)13-2/h3-5H,6H2,1-2H3,(H3,11,12,14). The summed E-state index contributed by atoms with van der Waals surface area (Å²) in [4.78, 5) is 0. The van der Waals surface area contributed by atoms with E-state index in [-0.39, 0.29) is 0 Å². The van der Waals surface area contributed by atoms with E-state index >= 15 is 0 Å². The molecule has 1 aromatic rings. The molecule has 76 valence electrons. The van der Waals surface area contributed by atoms with Crippen molar-refractivity contribution in [3.8, 4) is 5.75 Å². The van der Waals surface area contributed by atoms with Crippen LogP contribution in [0.25, 0.3) is 0 Å². The van der Waals surface area contributed by atoms with Crippen molar-refractivity contribution in [1.82, 2.24) is 5.32 Å². The van der Waals surface area contributed by atoms with Crippen molar-refractivity contribution in [3.63, 3.8) is 0 Å². The Morgan fingerprint density at radius 2 is 2.29 bits per heavy atom. The monoisotopic (exact) mass is 210 g/mol. The molecule has 0 aromatic heterocycles. The molecule has 0 fully saturated rings. The summed E-state index contributed by atoms with van der Waals surface area (Å²) in [5.41, 5.74) is 7.56. The summed E-state index contributed by atoms with van der Waals surface area (Å²) >= 11 is 4.73. The Morgan fingerprint density at radius 1 is 1.57 bits per heavy atom. The molecule has 0 saturated carbocycles. The normalized spacial score (nSPS) is 9.57. The quantitative estimate of drug-likeness (QED) is 0.739. The molecule has 0 unspecified atom stereocenters. The number of ether oxygens (including phenoxy) is 1. The predicted octanol–water partition coefficient (Wildman–Crippen LogP) is 1.34. The fourth-order valence-corrected chi connectivity index (χ4v) is 1.25.